The summed E-state index contributed by atoms with van der Waals surface area (Å²) in [6, 6.07) is 2.26. The molecule has 0 saturated heterocycles. The molecule has 3 nitrogen and oxygen atoms in total. The fourth-order valence-electron chi connectivity index (χ4n) is 2.43. The highest BCUT2D eigenvalue weighted by atomic mass is 19.4. The van der Waals surface area contributed by atoms with Crippen LogP contribution in [-0.2, 0) is 19.0 Å². The largest absolute Gasteiger partial charge is 0.417 e. The summed E-state index contributed by atoms with van der Waals surface area (Å²) in [7, 11) is 0. The zero-order valence-electron chi connectivity index (χ0n) is 11.8. The van der Waals surface area contributed by atoms with Gasteiger partial charge in [0.05, 0.1) is 17.5 Å². The fourth-order valence-corrected chi connectivity index (χ4v) is 2.43. The Balaban J connectivity index is 2.86. The molecule has 2 N–H and O–H groups in total. The summed E-state index contributed by atoms with van der Waals surface area (Å²) in [4.78, 5) is 11.6. The molecule has 23 heavy (non-hydrogen) atoms. The van der Waals surface area contributed by atoms with Gasteiger partial charge >= 0.3 is 12.4 Å². The van der Waals surface area contributed by atoms with E-state index >= 15 is 0 Å². The number of benzene rings is 1. The van der Waals surface area contributed by atoms with Gasteiger partial charge in [-0.15, -0.1) is 0 Å². The summed E-state index contributed by atoms with van der Waals surface area (Å²) in [6.45, 7) is 1.53. The summed E-state index contributed by atoms with van der Waals surface area (Å²) in [5, 5.41) is -0.401. The lowest BCUT2D eigenvalue weighted by Gasteiger charge is -2.17. The molecule has 0 atom stereocenters. The molecular formula is C14H12F6N2O. The van der Waals surface area contributed by atoms with E-state index in [0.29, 0.717) is 10.7 Å². The molecule has 2 rings (SSSR count). The number of pyridine rings is 1. The second-order valence-electron chi connectivity index (χ2n) is 5.05. The second kappa shape index (κ2) is 5.47. The minimum Gasteiger partial charge on any atom is -0.336 e. The predicted molar refractivity (Wildman–Crippen MR) is 72.5 cm³/mol. The Morgan fingerprint density at radius 2 is 1.65 bits per heavy atom. The SMILES string of the molecule is CCc1cc2c(C(F)(F)F)cc(=O)n(N)c2cc1CC(F)(F)F. The van der Waals surface area contributed by atoms with Gasteiger partial charge in [-0.1, -0.05) is 6.92 Å². The predicted octanol–water partition coefficient (Wildman–Crippen LogP) is 3.40. The zero-order chi connectivity index (χ0) is 17.6. The van der Waals surface area contributed by atoms with Crippen molar-refractivity contribution < 1.29 is 26.3 Å². The van der Waals surface area contributed by atoms with E-state index in [1.54, 1.807) is 0 Å². The topological polar surface area (TPSA) is 48.0 Å². The van der Waals surface area contributed by atoms with Gasteiger partial charge in [0.2, 0.25) is 0 Å². The molecule has 1 aromatic carbocycles. The molecule has 0 fully saturated rings. The number of fused-ring (bicyclic) bond motifs is 1. The molecule has 1 heterocycles. The number of nitrogens with two attached hydrogens (primary N) is 1. The number of alkyl halides is 6. The highest BCUT2D eigenvalue weighted by Crippen LogP contribution is 2.35. The van der Waals surface area contributed by atoms with Gasteiger partial charge in [-0.3, -0.25) is 4.79 Å². The van der Waals surface area contributed by atoms with Gasteiger partial charge in [0.15, 0.2) is 0 Å². The van der Waals surface area contributed by atoms with Crippen LogP contribution in [0, 0.1) is 0 Å². The average Bonchev–Trinajstić information content (AvgIpc) is 2.39. The van der Waals surface area contributed by atoms with Crippen molar-refractivity contribution in [2.45, 2.75) is 32.1 Å². The van der Waals surface area contributed by atoms with Crippen LogP contribution in [-0.4, -0.2) is 10.9 Å². The van der Waals surface area contributed by atoms with Crippen molar-refractivity contribution in [2.75, 3.05) is 5.84 Å². The first-order valence-corrected chi connectivity index (χ1v) is 6.54. The first-order chi connectivity index (χ1) is 10.4. The summed E-state index contributed by atoms with van der Waals surface area (Å²) < 4.78 is 77.5. The maximum Gasteiger partial charge on any atom is 0.417 e. The van der Waals surface area contributed by atoms with E-state index in [0.717, 1.165) is 12.1 Å². The molecule has 0 spiro atoms. The summed E-state index contributed by atoms with van der Waals surface area (Å²) in [5.41, 5.74) is -2.83. The lowest BCUT2D eigenvalue weighted by Crippen LogP contribution is -2.29. The molecular weight excluding hydrogens is 326 g/mol. The quantitative estimate of drug-likeness (QED) is 0.674. The Morgan fingerprint density at radius 3 is 2.13 bits per heavy atom. The third-order valence-electron chi connectivity index (χ3n) is 3.45. The van der Waals surface area contributed by atoms with Crippen LogP contribution in [0.4, 0.5) is 26.3 Å². The van der Waals surface area contributed by atoms with Gasteiger partial charge in [0, 0.05) is 11.5 Å². The molecule has 0 radical (unpaired) electrons. The Labute approximate surface area is 126 Å². The van der Waals surface area contributed by atoms with Gasteiger partial charge in [0.1, 0.15) is 0 Å². The van der Waals surface area contributed by atoms with Crippen molar-refractivity contribution >= 4 is 10.9 Å². The van der Waals surface area contributed by atoms with E-state index in [2.05, 4.69) is 0 Å². The number of aryl methyl sites for hydroxylation is 1. The highest BCUT2D eigenvalue weighted by Gasteiger charge is 2.35. The number of nitrogens with zero attached hydrogens (tertiary/aromatic N) is 1. The maximum absolute atomic E-state index is 13.1. The van der Waals surface area contributed by atoms with Crippen LogP contribution in [0.5, 0.6) is 0 Å². The normalized spacial score (nSPS) is 12.8. The van der Waals surface area contributed by atoms with Crippen LogP contribution >= 0.6 is 0 Å². The number of hydrogen-bond acceptors (Lipinski definition) is 2. The Hall–Kier alpha value is -2.19. The molecule has 9 heteroatoms. The molecule has 0 saturated carbocycles. The Kier molecular flexibility index (Phi) is 4.08. The minimum atomic E-state index is -4.82. The van der Waals surface area contributed by atoms with Crippen LogP contribution in [0.2, 0.25) is 0 Å². The van der Waals surface area contributed by atoms with Crippen molar-refractivity contribution in [3.05, 3.63) is 45.2 Å². The Bertz CT molecular complexity index is 804. The molecule has 0 aliphatic rings. The Morgan fingerprint density at radius 1 is 1.04 bits per heavy atom. The molecule has 126 valence electrons. The van der Waals surface area contributed by atoms with Gasteiger partial charge in [-0.25, -0.2) is 4.68 Å². The van der Waals surface area contributed by atoms with Crippen LogP contribution < -0.4 is 11.4 Å². The lowest BCUT2D eigenvalue weighted by atomic mass is 9.97. The molecule has 0 amide bonds. The van der Waals surface area contributed by atoms with Crippen molar-refractivity contribution in [1.82, 2.24) is 4.68 Å². The van der Waals surface area contributed by atoms with E-state index in [4.69, 9.17) is 5.84 Å². The molecule has 0 unspecified atom stereocenters. The number of aromatic nitrogens is 1. The zero-order valence-corrected chi connectivity index (χ0v) is 11.8. The lowest BCUT2D eigenvalue weighted by molar-refractivity contribution is -0.136. The van der Waals surface area contributed by atoms with Crippen LogP contribution in [0.15, 0.2) is 23.0 Å². The molecule has 0 aliphatic carbocycles. The molecule has 1 aromatic heterocycles. The minimum absolute atomic E-state index is 0.113. The molecule has 2 aromatic rings. The number of hydrogen-bond donors (Lipinski definition) is 1. The third kappa shape index (κ3) is 3.43. The van der Waals surface area contributed by atoms with Crippen molar-refractivity contribution in [3.8, 4) is 0 Å². The first-order valence-electron chi connectivity index (χ1n) is 6.54. The van der Waals surface area contributed by atoms with Crippen molar-refractivity contribution in [3.63, 3.8) is 0 Å². The monoisotopic (exact) mass is 338 g/mol. The number of rotatable bonds is 2. The van der Waals surface area contributed by atoms with Crippen LogP contribution in [0.3, 0.4) is 0 Å². The fraction of sp³-hybridized carbons (Fsp3) is 0.357. The molecule has 0 bridgehead atoms. The number of halogens is 6. The van der Waals surface area contributed by atoms with E-state index in [1.807, 2.05) is 0 Å². The summed E-state index contributed by atoms with van der Waals surface area (Å²) in [6.07, 6.45) is -10.5. The van der Waals surface area contributed by atoms with Gasteiger partial charge in [0.25, 0.3) is 5.56 Å². The number of nitrogen functional groups attached to an aromatic ring is 1. The van der Waals surface area contributed by atoms with E-state index in [1.165, 1.54) is 6.92 Å². The highest BCUT2D eigenvalue weighted by molar-refractivity contribution is 5.85. The van der Waals surface area contributed by atoms with Crippen molar-refractivity contribution in [2.24, 2.45) is 0 Å². The standard InChI is InChI=1S/C14H12F6N2O/c1-2-7-3-9-10(14(18,19)20)5-12(23)22(21)11(9)4-8(7)6-13(15,16)17/h3-5H,2,6,21H2,1H3. The maximum atomic E-state index is 13.1. The third-order valence-corrected chi connectivity index (χ3v) is 3.45. The first kappa shape index (κ1) is 17.2. The van der Waals surface area contributed by atoms with Gasteiger partial charge < -0.3 is 5.84 Å². The van der Waals surface area contributed by atoms with Crippen molar-refractivity contribution in [1.29, 1.82) is 0 Å². The van der Waals surface area contributed by atoms with E-state index in [-0.39, 0.29) is 23.1 Å². The van der Waals surface area contributed by atoms with E-state index in [9.17, 15) is 31.1 Å². The van der Waals surface area contributed by atoms with Crippen LogP contribution in [0.25, 0.3) is 10.9 Å². The summed E-state index contributed by atoms with van der Waals surface area (Å²) in [5.74, 6) is 5.41. The average molecular weight is 338 g/mol. The second-order valence-corrected chi connectivity index (χ2v) is 5.05. The molecule has 0 aliphatic heterocycles. The van der Waals surface area contributed by atoms with Crippen LogP contribution in [0.1, 0.15) is 23.6 Å². The van der Waals surface area contributed by atoms with Gasteiger partial charge in [-0.2, -0.15) is 26.3 Å². The smallest absolute Gasteiger partial charge is 0.336 e. The van der Waals surface area contributed by atoms with E-state index < -0.39 is 35.3 Å². The van der Waals surface area contributed by atoms with Gasteiger partial charge in [-0.05, 0) is 29.7 Å². The summed E-state index contributed by atoms with van der Waals surface area (Å²) >= 11 is 0.